The van der Waals surface area contributed by atoms with Gasteiger partial charge in [-0.15, -0.1) is 0 Å². The molecule has 0 spiro atoms. The van der Waals surface area contributed by atoms with Crippen LogP contribution in [-0.4, -0.2) is 11.4 Å². The smallest absolute Gasteiger partial charge is 0.135 e. The Kier molecular flexibility index (Phi) is 4.76. The molecule has 0 saturated carbocycles. The Morgan fingerprint density at radius 3 is 2.53 bits per heavy atom. The molecule has 0 aliphatic heterocycles. The zero-order valence-corrected chi connectivity index (χ0v) is 10.4. The van der Waals surface area contributed by atoms with E-state index in [0.29, 0.717) is 5.75 Å². The van der Waals surface area contributed by atoms with Gasteiger partial charge in [-0.3, -0.25) is 0 Å². The van der Waals surface area contributed by atoms with Gasteiger partial charge in [0.25, 0.3) is 0 Å². The van der Waals surface area contributed by atoms with Crippen molar-refractivity contribution in [3.05, 3.63) is 78.1 Å². The molecule has 3 nitrogen and oxygen atoms in total. The number of allylic oxidation sites excluding steroid dienone is 1. The maximum absolute atomic E-state index is 8.56. The number of rotatable bonds is 5. The van der Waals surface area contributed by atoms with Crippen LogP contribution in [0.2, 0.25) is 0 Å². The van der Waals surface area contributed by atoms with Crippen LogP contribution in [0.4, 0.5) is 0 Å². The molecule has 2 aromatic rings. The Morgan fingerprint density at radius 1 is 1.00 bits per heavy atom. The molecule has 0 saturated heterocycles. The lowest BCUT2D eigenvalue weighted by Crippen LogP contribution is -1.90. The number of nitrogens with zero attached hydrogens (tertiary/aromatic N) is 1. The highest BCUT2D eigenvalue weighted by Gasteiger charge is 1.98. The Labute approximate surface area is 112 Å². The second-order valence-corrected chi connectivity index (χ2v) is 3.96. The molecule has 0 aliphatic carbocycles. The van der Waals surface area contributed by atoms with Gasteiger partial charge >= 0.3 is 0 Å². The SMILES string of the molecule is O/N=C/c1ccccc1O/C=C/Cc1ccccc1. The highest BCUT2D eigenvalue weighted by Crippen LogP contribution is 2.16. The topological polar surface area (TPSA) is 41.8 Å². The maximum Gasteiger partial charge on any atom is 0.135 e. The fraction of sp³-hybridized carbons (Fsp3) is 0.0625. The van der Waals surface area contributed by atoms with Crippen LogP contribution in [0.5, 0.6) is 5.75 Å². The first-order chi connectivity index (χ1) is 9.40. The first kappa shape index (κ1) is 12.9. The van der Waals surface area contributed by atoms with Crippen LogP contribution >= 0.6 is 0 Å². The number of para-hydroxylation sites is 1. The van der Waals surface area contributed by atoms with Crippen LogP contribution in [0.1, 0.15) is 11.1 Å². The summed E-state index contributed by atoms with van der Waals surface area (Å²) in [6, 6.07) is 17.5. The third-order valence-corrected chi connectivity index (χ3v) is 2.60. The lowest BCUT2D eigenvalue weighted by atomic mass is 10.1. The van der Waals surface area contributed by atoms with E-state index in [4.69, 9.17) is 9.94 Å². The van der Waals surface area contributed by atoms with E-state index in [9.17, 15) is 0 Å². The van der Waals surface area contributed by atoms with Gasteiger partial charge in [-0.25, -0.2) is 0 Å². The first-order valence-corrected chi connectivity index (χ1v) is 6.02. The molecular formula is C16H15NO2. The largest absolute Gasteiger partial charge is 0.465 e. The summed E-state index contributed by atoms with van der Waals surface area (Å²) in [6.45, 7) is 0. The van der Waals surface area contributed by atoms with E-state index >= 15 is 0 Å². The zero-order valence-electron chi connectivity index (χ0n) is 10.4. The molecule has 2 rings (SSSR count). The maximum atomic E-state index is 8.56. The van der Waals surface area contributed by atoms with Crippen molar-refractivity contribution in [2.75, 3.05) is 0 Å². The van der Waals surface area contributed by atoms with Crippen molar-refractivity contribution in [1.29, 1.82) is 0 Å². The molecule has 0 fully saturated rings. The summed E-state index contributed by atoms with van der Waals surface area (Å²) < 4.78 is 5.53. The van der Waals surface area contributed by atoms with Crippen molar-refractivity contribution in [3.8, 4) is 5.75 Å². The van der Waals surface area contributed by atoms with E-state index in [-0.39, 0.29) is 0 Å². The Hall–Kier alpha value is -2.55. The molecule has 1 N–H and O–H groups in total. The third kappa shape index (κ3) is 4.00. The zero-order chi connectivity index (χ0) is 13.3. The second-order valence-electron chi connectivity index (χ2n) is 3.96. The van der Waals surface area contributed by atoms with E-state index in [1.54, 1.807) is 6.26 Å². The molecule has 19 heavy (non-hydrogen) atoms. The molecule has 96 valence electrons. The summed E-state index contributed by atoms with van der Waals surface area (Å²) >= 11 is 0. The summed E-state index contributed by atoms with van der Waals surface area (Å²) in [5, 5.41) is 11.6. The van der Waals surface area contributed by atoms with Crippen LogP contribution in [0, 0.1) is 0 Å². The predicted molar refractivity (Wildman–Crippen MR) is 75.7 cm³/mol. The van der Waals surface area contributed by atoms with Crippen LogP contribution in [0.3, 0.4) is 0 Å². The van der Waals surface area contributed by atoms with Gasteiger partial charge in [0.05, 0.1) is 12.5 Å². The quantitative estimate of drug-likeness (QED) is 0.382. The molecule has 0 aliphatic rings. The lowest BCUT2D eigenvalue weighted by Gasteiger charge is -2.03. The van der Waals surface area contributed by atoms with Crippen LogP contribution in [0.15, 0.2) is 72.1 Å². The summed E-state index contributed by atoms with van der Waals surface area (Å²) in [4.78, 5) is 0. The second kappa shape index (κ2) is 7.01. The van der Waals surface area contributed by atoms with Crippen molar-refractivity contribution < 1.29 is 9.94 Å². The van der Waals surface area contributed by atoms with E-state index in [1.165, 1.54) is 11.8 Å². The minimum absolute atomic E-state index is 0.657. The molecule has 0 heterocycles. The minimum Gasteiger partial charge on any atom is -0.465 e. The standard InChI is InChI=1S/C16H15NO2/c18-17-13-15-10-4-5-11-16(15)19-12-6-9-14-7-2-1-3-8-14/h1-8,10-13,18H,9H2/b12-6+,17-13+. The monoisotopic (exact) mass is 253 g/mol. The Bertz CT molecular complexity index is 562. The highest BCUT2D eigenvalue weighted by atomic mass is 16.5. The van der Waals surface area contributed by atoms with Crippen molar-refractivity contribution in [2.24, 2.45) is 5.16 Å². The molecule has 0 bridgehead atoms. The van der Waals surface area contributed by atoms with Crippen LogP contribution < -0.4 is 4.74 Å². The summed E-state index contributed by atoms with van der Waals surface area (Å²) in [5.41, 5.74) is 1.96. The number of hydrogen-bond acceptors (Lipinski definition) is 3. The number of ether oxygens (including phenoxy) is 1. The van der Waals surface area contributed by atoms with Crippen molar-refractivity contribution in [2.45, 2.75) is 6.42 Å². The summed E-state index contributed by atoms with van der Waals surface area (Å²) in [7, 11) is 0. The average molecular weight is 253 g/mol. The van der Waals surface area contributed by atoms with Gasteiger partial charge in [0, 0.05) is 5.56 Å². The van der Waals surface area contributed by atoms with Gasteiger partial charge in [-0.05, 0) is 30.2 Å². The molecule has 2 aromatic carbocycles. The van der Waals surface area contributed by atoms with Crippen molar-refractivity contribution >= 4 is 6.21 Å². The Balaban J connectivity index is 1.95. The van der Waals surface area contributed by atoms with Crippen molar-refractivity contribution in [1.82, 2.24) is 0 Å². The summed E-state index contributed by atoms with van der Waals surface area (Å²) in [5.74, 6) is 0.657. The van der Waals surface area contributed by atoms with Gasteiger partial charge in [-0.2, -0.15) is 0 Å². The van der Waals surface area contributed by atoms with Crippen LogP contribution in [-0.2, 0) is 6.42 Å². The third-order valence-electron chi connectivity index (χ3n) is 2.60. The number of hydrogen-bond donors (Lipinski definition) is 1. The molecule has 0 aromatic heterocycles. The van der Waals surface area contributed by atoms with E-state index in [1.807, 2.05) is 48.5 Å². The molecule has 0 unspecified atom stereocenters. The van der Waals surface area contributed by atoms with E-state index < -0.39 is 0 Å². The van der Waals surface area contributed by atoms with Gasteiger partial charge in [-0.1, -0.05) is 47.6 Å². The van der Waals surface area contributed by atoms with Crippen LogP contribution in [0.25, 0.3) is 0 Å². The predicted octanol–water partition coefficient (Wildman–Crippen LogP) is 3.63. The fourth-order valence-corrected chi connectivity index (χ4v) is 1.68. The minimum atomic E-state index is 0.657. The van der Waals surface area contributed by atoms with E-state index in [2.05, 4.69) is 17.3 Å². The Morgan fingerprint density at radius 2 is 1.74 bits per heavy atom. The molecule has 0 amide bonds. The van der Waals surface area contributed by atoms with Gasteiger partial charge in [0.2, 0.25) is 0 Å². The number of oxime groups is 1. The highest BCUT2D eigenvalue weighted by molar-refractivity contribution is 5.82. The molecule has 0 atom stereocenters. The van der Waals surface area contributed by atoms with E-state index in [0.717, 1.165) is 12.0 Å². The molecule has 0 radical (unpaired) electrons. The van der Waals surface area contributed by atoms with Gasteiger partial charge < -0.3 is 9.94 Å². The first-order valence-electron chi connectivity index (χ1n) is 6.02. The molecular weight excluding hydrogens is 238 g/mol. The number of benzene rings is 2. The van der Waals surface area contributed by atoms with Gasteiger partial charge in [0.15, 0.2) is 0 Å². The lowest BCUT2D eigenvalue weighted by molar-refractivity contribution is 0.321. The molecule has 3 heteroatoms. The summed E-state index contributed by atoms with van der Waals surface area (Å²) in [6.07, 6.45) is 5.76. The normalized spacial score (nSPS) is 11.2. The fourth-order valence-electron chi connectivity index (χ4n) is 1.68. The van der Waals surface area contributed by atoms with Crippen molar-refractivity contribution in [3.63, 3.8) is 0 Å². The average Bonchev–Trinajstić information content (AvgIpc) is 2.47. The van der Waals surface area contributed by atoms with Gasteiger partial charge in [0.1, 0.15) is 5.75 Å².